The highest BCUT2D eigenvalue weighted by Gasteiger charge is 2.04. The van der Waals surface area contributed by atoms with E-state index in [4.69, 9.17) is 21.7 Å². The number of rotatable bonds is 5. The first-order chi connectivity index (χ1) is 9.24. The fourth-order valence-electron chi connectivity index (χ4n) is 1.49. The number of aromatic nitrogens is 3. The van der Waals surface area contributed by atoms with Crippen LogP contribution in [0.2, 0.25) is 0 Å². The first kappa shape index (κ1) is 13.3. The van der Waals surface area contributed by atoms with E-state index < -0.39 is 0 Å². The van der Waals surface area contributed by atoms with Crippen LogP contribution in [-0.2, 0) is 0 Å². The molecule has 19 heavy (non-hydrogen) atoms. The zero-order chi connectivity index (χ0) is 13.7. The third-order valence-corrected chi connectivity index (χ3v) is 2.63. The summed E-state index contributed by atoms with van der Waals surface area (Å²) in [5, 5.41) is 10.6. The summed E-state index contributed by atoms with van der Waals surface area (Å²) in [6.07, 6.45) is 3.17. The molecule has 2 rings (SSSR count). The molecule has 1 aromatic carbocycles. The highest BCUT2D eigenvalue weighted by atomic mass is 32.1. The van der Waals surface area contributed by atoms with Crippen molar-refractivity contribution in [2.75, 3.05) is 13.7 Å². The number of hydrogen-bond donors (Lipinski definition) is 1. The lowest BCUT2D eigenvalue weighted by molar-refractivity contribution is 0.311. The standard InChI is InChI=1S/C12H14N4O2S/c1-3-18-10-5-4-9(6-11(10)17-2)7-14-16-8-13-15-12(16)19/h4-8H,3H2,1-2H3,(H,15,19). The summed E-state index contributed by atoms with van der Waals surface area (Å²) in [6.45, 7) is 2.52. The number of hydrogen-bond acceptors (Lipinski definition) is 5. The van der Waals surface area contributed by atoms with Gasteiger partial charge >= 0.3 is 0 Å². The van der Waals surface area contributed by atoms with E-state index in [-0.39, 0.29) is 0 Å². The van der Waals surface area contributed by atoms with Crippen molar-refractivity contribution in [3.63, 3.8) is 0 Å². The van der Waals surface area contributed by atoms with Crippen LogP contribution in [0.4, 0.5) is 0 Å². The molecule has 1 aromatic heterocycles. The van der Waals surface area contributed by atoms with Gasteiger partial charge in [-0.2, -0.15) is 14.9 Å². The number of H-pyrrole nitrogens is 1. The lowest BCUT2D eigenvalue weighted by Gasteiger charge is -2.09. The Morgan fingerprint density at radius 3 is 2.95 bits per heavy atom. The topological polar surface area (TPSA) is 64.4 Å². The van der Waals surface area contributed by atoms with Gasteiger partial charge < -0.3 is 9.47 Å². The molecule has 0 aliphatic rings. The van der Waals surface area contributed by atoms with Gasteiger partial charge in [0.2, 0.25) is 4.77 Å². The molecule has 0 aliphatic carbocycles. The van der Waals surface area contributed by atoms with Crippen molar-refractivity contribution in [2.24, 2.45) is 5.10 Å². The lowest BCUT2D eigenvalue weighted by atomic mass is 10.2. The Labute approximate surface area is 115 Å². The van der Waals surface area contributed by atoms with E-state index in [1.54, 1.807) is 13.3 Å². The van der Waals surface area contributed by atoms with Gasteiger partial charge in [-0.15, -0.1) is 0 Å². The minimum atomic E-state index is 0.439. The third-order valence-electron chi connectivity index (χ3n) is 2.35. The van der Waals surface area contributed by atoms with Crippen LogP contribution in [0.5, 0.6) is 11.5 Å². The molecule has 0 bridgehead atoms. The molecule has 0 spiro atoms. The van der Waals surface area contributed by atoms with E-state index in [2.05, 4.69) is 15.3 Å². The van der Waals surface area contributed by atoms with Crippen LogP contribution >= 0.6 is 12.2 Å². The maximum Gasteiger partial charge on any atom is 0.216 e. The van der Waals surface area contributed by atoms with Crippen molar-refractivity contribution >= 4 is 18.4 Å². The lowest BCUT2D eigenvalue weighted by Crippen LogP contribution is -1.96. The fourth-order valence-corrected chi connectivity index (χ4v) is 1.64. The largest absolute Gasteiger partial charge is 0.493 e. The molecule has 0 aliphatic heterocycles. The predicted molar refractivity (Wildman–Crippen MR) is 74.6 cm³/mol. The Hall–Kier alpha value is -2.15. The summed E-state index contributed by atoms with van der Waals surface area (Å²) < 4.78 is 12.6. The number of methoxy groups -OCH3 is 1. The van der Waals surface area contributed by atoms with Gasteiger partial charge in [-0.05, 0) is 42.9 Å². The molecule has 6 nitrogen and oxygen atoms in total. The van der Waals surface area contributed by atoms with Crippen molar-refractivity contribution in [2.45, 2.75) is 6.92 Å². The molecule has 0 radical (unpaired) electrons. The highest BCUT2D eigenvalue weighted by Crippen LogP contribution is 2.27. The minimum absolute atomic E-state index is 0.439. The monoisotopic (exact) mass is 278 g/mol. The summed E-state index contributed by atoms with van der Waals surface area (Å²) in [7, 11) is 1.60. The molecule has 0 saturated carbocycles. The number of ether oxygens (including phenoxy) is 2. The average molecular weight is 278 g/mol. The molecule has 0 amide bonds. The molecular weight excluding hydrogens is 264 g/mol. The second-order valence-corrected chi connectivity index (χ2v) is 3.98. The molecule has 0 saturated heterocycles. The Kier molecular flexibility index (Phi) is 4.30. The summed E-state index contributed by atoms with van der Waals surface area (Å²) in [6, 6.07) is 5.58. The van der Waals surface area contributed by atoms with Crippen molar-refractivity contribution in [1.82, 2.24) is 14.9 Å². The maximum absolute atomic E-state index is 5.45. The van der Waals surface area contributed by atoms with Gasteiger partial charge in [0, 0.05) is 0 Å². The van der Waals surface area contributed by atoms with Gasteiger partial charge in [0.05, 0.1) is 19.9 Å². The van der Waals surface area contributed by atoms with Crippen molar-refractivity contribution in [1.29, 1.82) is 0 Å². The van der Waals surface area contributed by atoms with E-state index in [9.17, 15) is 0 Å². The normalized spacial score (nSPS) is 10.8. The number of nitrogens with zero attached hydrogens (tertiary/aromatic N) is 3. The summed E-state index contributed by atoms with van der Waals surface area (Å²) >= 11 is 4.99. The Morgan fingerprint density at radius 2 is 2.32 bits per heavy atom. The predicted octanol–water partition coefficient (Wildman–Crippen LogP) is 2.23. The second kappa shape index (κ2) is 6.14. The van der Waals surface area contributed by atoms with Crippen molar-refractivity contribution < 1.29 is 9.47 Å². The van der Waals surface area contributed by atoms with Crippen LogP contribution < -0.4 is 9.47 Å². The van der Waals surface area contributed by atoms with E-state index >= 15 is 0 Å². The number of nitrogens with one attached hydrogen (secondary N) is 1. The summed E-state index contributed by atoms with van der Waals surface area (Å²) in [5.74, 6) is 1.38. The first-order valence-corrected chi connectivity index (χ1v) is 6.12. The zero-order valence-electron chi connectivity index (χ0n) is 10.7. The highest BCUT2D eigenvalue weighted by molar-refractivity contribution is 7.71. The molecule has 2 aromatic rings. The van der Waals surface area contributed by atoms with Crippen LogP contribution in [0.1, 0.15) is 12.5 Å². The molecule has 1 heterocycles. The second-order valence-electron chi connectivity index (χ2n) is 3.59. The van der Waals surface area contributed by atoms with Crippen molar-refractivity contribution in [3.8, 4) is 11.5 Å². The molecular formula is C12H14N4O2S. The summed E-state index contributed by atoms with van der Waals surface area (Å²) in [5.41, 5.74) is 0.878. The third kappa shape index (κ3) is 3.19. The van der Waals surface area contributed by atoms with Crippen LogP contribution in [0, 0.1) is 4.77 Å². The maximum atomic E-state index is 5.45. The minimum Gasteiger partial charge on any atom is -0.493 e. The smallest absolute Gasteiger partial charge is 0.216 e. The molecule has 1 N–H and O–H groups in total. The van der Waals surface area contributed by atoms with E-state index in [1.807, 2.05) is 25.1 Å². The molecule has 0 atom stereocenters. The zero-order valence-corrected chi connectivity index (χ0v) is 11.5. The van der Waals surface area contributed by atoms with Crippen LogP contribution in [0.15, 0.2) is 29.6 Å². The molecule has 0 fully saturated rings. The first-order valence-electron chi connectivity index (χ1n) is 5.71. The van der Waals surface area contributed by atoms with E-state index in [1.165, 1.54) is 11.0 Å². The van der Waals surface area contributed by atoms with Crippen LogP contribution in [-0.4, -0.2) is 34.8 Å². The summed E-state index contributed by atoms with van der Waals surface area (Å²) in [4.78, 5) is 0. The van der Waals surface area contributed by atoms with Gasteiger partial charge in [-0.3, -0.25) is 5.10 Å². The van der Waals surface area contributed by atoms with Crippen LogP contribution in [0.25, 0.3) is 0 Å². The quantitative estimate of drug-likeness (QED) is 0.673. The Morgan fingerprint density at radius 1 is 1.47 bits per heavy atom. The molecule has 100 valence electrons. The molecule has 7 heteroatoms. The Balaban J connectivity index is 2.24. The fraction of sp³-hybridized carbons (Fsp3) is 0.250. The van der Waals surface area contributed by atoms with Gasteiger partial charge in [0.1, 0.15) is 6.33 Å². The molecule has 0 unspecified atom stereocenters. The van der Waals surface area contributed by atoms with E-state index in [0.717, 1.165) is 5.56 Å². The van der Waals surface area contributed by atoms with Gasteiger partial charge in [0.25, 0.3) is 0 Å². The average Bonchev–Trinajstić information content (AvgIpc) is 2.83. The van der Waals surface area contributed by atoms with Gasteiger partial charge in [-0.1, -0.05) is 0 Å². The number of benzene rings is 1. The number of aromatic amines is 1. The Bertz CT molecular complexity index is 633. The van der Waals surface area contributed by atoms with Gasteiger partial charge in [-0.25, -0.2) is 0 Å². The van der Waals surface area contributed by atoms with Crippen molar-refractivity contribution in [3.05, 3.63) is 34.9 Å². The SMILES string of the molecule is CCOc1ccc(C=Nn2cn[nH]c2=S)cc1OC. The van der Waals surface area contributed by atoms with Gasteiger partial charge in [0.15, 0.2) is 11.5 Å². The van der Waals surface area contributed by atoms with E-state index in [0.29, 0.717) is 22.9 Å². The van der Waals surface area contributed by atoms with Crippen LogP contribution in [0.3, 0.4) is 0 Å².